The minimum absolute atomic E-state index is 0.268. The van der Waals surface area contributed by atoms with Crippen LogP contribution in [0, 0.1) is 0 Å². The van der Waals surface area contributed by atoms with Gasteiger partial charge in [-0.3, -0.25) is 0 Å². The van der Waals surface area contributed by atoms with Crippen LogP contribution in [0.3, 0.4) is 0 Å². The highest BCUT2D eigenvalue weighted by molar-refractivity contribution is 6.36. The molecule has 0 spiro atoms. The van der Waals surface area contributed by atoms with Crippen LogP contribution < -0.4 is 0 Å². The number of rotatable bonds is 5. The summed E-state index contributed by atoms with van der Waals surface area (Å²) in [7, 11) is 0. The van der Waals surface area contributed by atoms with Crippen molar-refractivity contribution in [1.29, 1.82) is 0 Å². The fraction of sp³-hybridized carbons (Fsp3) is 0.0800. The maximum absolute atomic E-state index is 9.44. The van der Waals surface area contributed by atoms with Gasteiger partial charge >= 0.3 is 0 Å². The summed E-state index contributed by atoms with van der Waals surface area (Å²) in [5.74, 6) is 1.13. The molecule has 0 saturated heterocycles. The van der Waals surface area contributed by atoms with E-state index >= 15 is 0 Å². The van der Waals surface area contributed by atoms with Crippen molar-refractivity contribution in [3.05, 3.63) is 94.4 Å². The van der Waals surface area contributed by atoms with Crippen molar-refractivity contribution in [2.45, 2.75) is 13.5 Å². The van der Waals surface area contributed by atoms with Crippen LogP contribution in [0.15, 0.2) is 72.9 Å². The highest BCUT2D eigenvalue weighted by Gasteiger charge is 2.10. The van der Waals surface area contributed by atoms with Crippen LogP contribution in [0.5, 0.6) is 5.75 Å². The molecule has 0 aliphatic carbocycles. The van der Waals surface area contributed by atoms with E-state index in [1.807, 2.05) is 42.6 Å². The zero-order valence-electron chi connectivity index (χ0n) is 16.4. The molecule has 3 nitrogen and oxygen atoms in total. The predicted octanol–water partition coefficient (Wildman–Crippen LogP) is 7.42. The Morgan fingerprint density at radius 3 is 2.20 bits per heavy atom. The Hall–Kier alpha value is -3.01. The van der Waals surface area contributed by atoms with Crippen molar-refractivity contribution in [3.8, 4) is 28.1 Å². The molecule has 0 unspecified atom stereocenters. The molecule has 0 atom stereocenters. The van der Waals surface area contributed by atoms with Gasteiger partial charge < -0.3 is 9.67 Å². The standard InChI is InChI=1S/C25H20Cl2N2O/c1-2-29-16-24(22-13-10-20(26)15-23(22)27)28-25(29)14-5-17-3-6-18(7-4-17)19-8-11-21(30)12-9-19/h3-16,30H,2H2,1H3. The lowest BCUT2D eigenvalue weighted by Crippen LogP contribution is -1.94. The minimum Gasteiger partial charge on any atom is -0.508 e. The molecule has 0 amide bonds. The minimum atomic E-state index is 0.268. The fourth-order valence-corrected chi connectivity index (χ4v) is 3.76. The summed E-state index contributed by atoms with van der Waals surface area (Å²) in [5, 5.41) is 10.6. The lowest BCUT2D eigenvalue weighted by atomic mass is 10.0. The zero-order chi connectivity index (χ0) is 21.1. The monoisotopic (exact) mass is 434 g/mol. The van der Waals surface area contributed by atoms with Gasteiger partial charge in [0.2, 0.25) is 0 Å². The van der Waals surface area contributed by atoms with E-state index in [-0.39, 0.29) is 5.75 Å². The Morgan fingerprint density at radius 1 is 0.900 bits per heavy atom. The first-order chi connectivity index (χ1) is 14.5. The molecule has 0 bridgehead atoms. The number of hydrogen-bond acceptors (Lipinski definition) is 2. The number of nitrogens with zero attached hydrogens (tertiary/aromatic N) is 2. The number of phenols is 1. The molecule has 0 saturated carbocycles. The van der Waals surface area contributed by atoms with E-state index in [4.69, 9.17) is 28.2 Å². The molecule has 4 rings (SSSR count). The molecule has 0 aliphatic heterocycles. The van der Waals surface area contributed by atoms with Gasteiger partial charge in [-0.1, -0.05) is 65.7 Å². The number of aromatic nitrogens is 2. The summed E-state index contributed by atoms with van der Waals surface area (Å²) in [6.07, 6.45) is 6.05. The van der Waals surface area contributed by atoms with Crippen LogP contribution in [-0.2, 0) is 6.54 Å². The van der Waals surface area contributed by atoms with E-state index in [1.165, 1.54) is 0 Å². The Kier molecular flexibility index (Phi) is 5.93. The molecule has 1 N–H and O–H groups in total. The number of halogens is 2. The average molecular weight is 435 g/mol. The van der Waals surface area contributed by atoms with E-state index in [1.54, 1.807) is 18.2 Å². The van der Waals surface area contributed by atoms with Crippen LogP contribution in [0.2, 0.25) is 10.0 Å². The molecule has 150 valence electrons. The second-order valence-electron chi connectivity index (χ2n) is 6.90. The van der Waals surface area contributed by atoms with Crippen LogP contribution in [0.1, 0.15) is 18.3 Å². The van der Waals surface area contributed by atoms with Crippen LogP contribution >= 0.6 is 23.2 Å². The molecule has 0 fully saturated rings. The number of aryl methyl sites for hydroxylation is 1. The van der Waals surface area contributed by atoms with Gasteiger partial charge in [-0.05, 0) is 60.0 Å². The first kappa shape index (κ1) is 20.3. The van der Waals surface area contributed by atoms with Gasteiger partial charge in [0.05, 0.1) is 10.7 Å². The molecule has 3 aromatic carbocycles. The lowest BCUT2D eigenvalue weighted by molar-refractivity contribution is 0.475. The van der Waals surface area contributed by atoms with Crippen molar-refractivity contribution in [1.82, 2.24) is 9.55 Å². The van der Waals surface area contributed by atoms with Crippen molar-refractivity contribution in [3.63, 3.8) is 0 Å². The Bertz CT molecular complexity index is 1190. The van der Waals surface area contributed by atoms with Crippen LogP contribution in [-0.4, -0.2) is 14.7 Å². The van der Waals surface area contributed by atoms with E-state index < -0.39 is 0 Å². The second-order valence-corrected chi connectivity index (χ2v) is 7.74. The molecular formula is C25H20Cl2N2O. The number of benzene rings is 3. The molecule has 1 aromatic heterocycles. The number of aromatic hydroxyl groups is 1. The van der Waals surface area contributed by atoms with Crippen LogP contribution in [0.4, 0.5) is 0 Å². The third-order valence-corrected chi connectivity index (χ3v) is 5.44. The zero-order valence-corrected chi connectivity index (χ0v) is 17.9. The van der Waals surface area contributed by atoms with Crippen molar-refractivity contribution < 1.29 is 5.11 Å². The summed E-state index contributed by atoms with van der Waals surface area (Å²) in [4.78, 5) is 4.76. The predicted molar refractivity (Wildman–Crippen MR) is 126 cm³/mol. The maximum Gasteiger partial charge on any atom is 0.133 e. The number of phenolic OH excluding ortho intramolecular Hbond substituents is 1. The molecule has 1 heterocycles. The summed E-state index contributed by atoms with van der Waals surface area (Å²) >= 11 is 12.4. The lowest BCUT2D eigenvalue weighted by Gasteiger charge is -2.03. The van der Waals surface area contributed by atoms with E-state index in [9.17, 15) is 5.11 Å². The smallest absolute Gasteiger partial charge is 0.133 e. The van der Waals surface area contributed by atoms with Gasteiger partial charge in [-0.2, -0.15) is 0 Å². The van der Waals surface area contributed by atoms with Crippen molar-refractivity contribution in [2.24, 2.45) is 0 Å². The third kappa shape index (κ3) is 4.43. The molecule has 0 radical (unpaired) electrons. The second kappa shape index (κ2) is 8.78. The van der Waals surface area contributed by atoms with Crippen molar-refractivity contribution >= 4 is 35.4 Å². The average Bonchev–Trinajstić information content (AvgIpc) is 3.16. The molecular weight excluding hydrogens is 415 g/mol. The van der Waals surface area contributed by atoms with Gasteiger partial charge in [0, 0.05) is 23.3 Å². The van der Waals surface area contributed by atoms with Crippen molar-refractivity contribution in [2.75, 3.05) is 0 Å². The van der Waals surface area contributed by atoms with E-state index in [0.29, 0.717) is 10.0 Å². The molecule has 4 aromatic rings. The SMILES string of the molecule is CCn1cc(-c2ccc(Cl)cc2Cl)nc1C=Cc1ccc(-c2ccc(O)cc2)cc1. The molecule has 5 heteroatoms. The number of hydrogen-bond donors (Lipinski definition) is 1. The quantitative estimate of drug-likeness (QED) is 0.354. The Labute approximate surface area is 185 Å². The topological polar surface area (TPSA) is 38.0 Å². The Balaban J connectivity index is 1.57. The highest BCUT2D eigenvalue weighted by Crippen LogP contribution is 2.30. The number of imidazole rings is 1. The molecule has 30 heavy (non-hydrogen) atoms. The normalized spacial score (nSPS) is 11.3. The Morgan fingerprint density at radius 2 is 1.57 bits per heavy atom. The largest absolute Gasteiger partial charge is 0.508 e. The van der Waals surface area contributed by atoms with Gasteiger partial charge in [0.1, 0.15) is 11.6 Å². The first-order valence-electron chi connectivity index (χ1n) is 9.63. The summed E-state index contributed by atoms with van der Waals surface area (Å²) < 4.78 is 2.08. The summed E-state index contributed by atoms with van der Waals surface area (Å²) in [5.41, 5.74) is 4.92. The highest BCUT2D eigenvalue weighted by atomic mass is 35.5. The first-order valence-corrected chi connectivity index (χ1v) is 10.4. The summed E-state index contributed by atoms with van der Waals surface area (Å²) in [6.45, 7) is 2.89. The molecule has 0 aliphatic rings. The van der Waals surface area contributed by atoms with E-state index in [0.717, 1.165) is 40.3 Å². The van der Waals surface area contributed by atoms with Gasteiger partial charge in [0.25, 0.3) is 0 Å². The van der Waals surface area contributed by atoms with Gasteiger partial charge in [-0.25, -0.2) is 4.98 Å². The van der Waals surface area contributed by atoms with E-state index in [2.05, 4.69) is 35.8 Å². The van der Waals surface area contributed by atoms with Gasteiger partial charge in [-0.15, -0.1) is 0 Å². The summed E-state index contributed by atoms with van der Waals surface area (Å²) in [6, 6.07) is 20.9. The van der Waals surface area contributed by atoms with Gasteiger partial charge in [0.15, 0.2) is 0 Å². The maximum atomic E-state index is 9.44. The third-order valence-electron chi connectivity index (χ3n) is 4.89. The van der Waals surface area contributed by atoms with Crippen LogP contribution in [0.25, 0.3) is 34.5 Å². The fourth-order valence-electron chi connectivity index (χ4n) is 3.25.